The maximum atomic E-state index is 5.63. The third kappa shape index (κ3) is 4.00. The molecular weight excluding hydrogens is 218 g/mol. The standard InChI is InChI=1S/C13H19NO3/c1-14-9-4-5-10-17-13-11(15-2)7-6-8-12(13)16-3/h4-8,14H,9-10H2,1-3H3/b5-4+. The van der Waals surface area contributed by atoms with Gasteiger partial charge in [0.05, 0.1) is 14.2 Å². The molecule has 0 unspecified atom stereocenters. The Hall–Kier alpha value is -1.68. The molecule has 0 aliphatic heterocycles. The summed E-state index contributed by atoms with van der Waals surface area (Å²) in [5.74, 6) is 1.98. The molecule has 4 heteroatoms. The van der Waals surface area contributed by atoms with E-state index >= 15 is 0 Å². The molecule has 0 radical (unpaired) electrons. The van der Waals surface area contributed by atoms with Gasteiger partial charge >= 0.3 is 0 Å². The monoisotopic (exact) mass is 237 g/mol. The fourth-order valence-electron chi connectivity index (χ4n) is 1.36. The fourth-order valence-corrected chi connectivity index (χ4v) is 1.36. The van der Waals surface area contributed by atoms with E-state index < -0.39 is 0 Å². The molecule has 1 aromatic rings. The Kier molecular flexibility index (Phi) is 5.96. The lowest BCUT2D eigenvalue weighted by atomic mass is 10.3. The van der Waals surface area contributed by atoms with Crippen molar-refractivity contribution in [2.75, 3.05) is 34.4 Å². The summed E-state index contributed by atoms with van der Waals surface area (Å²) >= 11 is 0. The molecule has 0 atom stereocenters. The zero-order valence-electron chi connectivity index (χ0n) is 10.5. The van der Waals surface area contributed by atoms with E-state index in [1.54, 1.807) is 14.2 Å². The number of methoxy groups -OCH3 is 2. The second-order valence-corrected chi connectivity index (χ2v) is 3.33. The van der Waals surface area contributed by atoms with Crippen molar-refractivity contribution in [3.05, 3.63) is 30.4 Å². The van der Waals surface area contributed by atoms with Gasteiger partial charge in [0.2, 0.25) is 5.75 Å². The van der Waals surface area contributed by atoms with Crippen LogP contribution in [0.2, 0.25) is 0 Å². The lowest BCUT2D eigenvalue weighted by molar-refractivity contribution is 0.300. The number of hydrogen-bond acceptors (Lipinski definition) is 4. The summed E-state index contributed by atoms with van der Waals surface area (Å²) in [4.78, 5) is 0. The first-order chi connectivity index (χ1) is 8.33. The third-order valence-electron chi connectivity index (χ3n) is 2.20. The molecule has 17 heavy (non-hydrogen) atoms. The van der Waals surface area contributed by atoms with Crippen molar-refractivity contribution in [3.63, 3.8) is 0 Å². The number of likely N-dealkylation sites (N-methyl/N-ethyl adjacent to an activating group) is 1. The van der Waals surface area contributed by atoms with Gasteiger partial charge < -0.3 is 19.5 Å². The van der Waals surface area contributed by atoms with Crippen LogP contribution in [0.5, 0.6) is 17.2 Å². The summed E-state index contributed by atoms with van der Waals surface area (Å²) < 4.78 is 16.1. The smallest absolute Gasteiger partial charge is 0.203 e. The van der Waals surface area contributed by atoms with Crippen LogP contribution < -0.4 is 19.5 Å². The molecule has 0 aliphatic carbocycles. The molecule has 0 saturated heterocycles. The molecule has 0 spiro atoms. The molecule has 0 aliphatic rings. The molecule has 0 amide bonds. The minimum absolute atomic E-state index is 0.485. The number of nitrogens with one attached hydrogen (secondary N) is 1. The lowest BCUT2D eigenvalue weighted by Crippen LogP contribution is -2.05. The van der Waals surface area contributed by atoms with E-state index in [4.69, 9.17) is 14.2 Å². The van der Waals surface area contributed by atoms with E-state index in [-0.39, 0.29) is 0 Å². The highest BCUT2D eigenvalue weighted by atomic mass is 16.5. The van der Waals surface area contributed by atoms with Crippen LogP contribution in [0.1, 0.15) is 0 Å². The highest BCUT2D eigenvalue weighted by Crippen LogP contribution is 2.36. The van der Waals surface area contributed by atoms with E-state index in [1.165, 1.54) is 0 Å². The minimum atomic E-state index is 0.485. The van der Waals surface area contributed by atoms with Gasteiger partial charge in [-0.25, -0.2) is 0 Å². The van der Waals surface area contributed by atoms with Crippen molar-refractivity contribution in [1.29, 1.82) is 0 Å². The predicted molar refractivity (Wildman–Crippen MR) is 68.1 cm³/mol. The van der Waals surface area contributed by atoms with Gasteiger partial charge in [-0.05, 0) is 19.2 Å². The van der Waals surface area contributed by atoms with E-state index in [0.29, 0.717) is 23.9 Å². The summed E-state index contributed by atoms with van der Waals surface area (Å²) in [6.45, 7) is 1.31. The molecule has 0 aromatic heterocycles. The van der Waals surface area contributed by atoms with Crippen LogP contribution in [0.25, 0.3) is 0 Å². The highest BCUT2D eigenvalue weighted by molar-refractivity contribution is 5.51. The average molecular weight is 237 g/mol. The molecule has 0 fully saturated rings. The van der Waals surface area contributed by atoms with Crippen molar-refractivity contribution in [3.8, 4) is 17.2 Å². The maximum absolute atomic E-state index is 5.63. The Bertz CT molecular complexity index is 341. The largest absolute Gasteiger partial charge is 0.493 e. The Morgan fingerprint density at radius 3 is 2.29 bits per heavy atom. The molecule has 1 rings (SSSR count). The van der Waals surface area contributed by atoms with Gasteiger partial charge in [0.1, 0.15) is 6.61 Å². The van der Waals surface area contributed by atoms with Gasteiger partial charge in [-0.1, -0.05) is 18.2 Å². The molecule has 0 saturated carbocycles. The van der Waals surface area contributed by atoms with E-state index in [2.05, 4.69) is 5.32 Å². The van der Waals surface area contributed by atoms with Crippen molar-refractivity contribution < 1.29 is 14.2 Å². The molecule has 1 N–H and O–H groups in total. The second kappa shape index (κ2) is 7.57. The van der Waals surface area contributed by atoms with Crippen molar-refractivity contribution in [1.82, 2.24) is 5.32 Å². The maximum Gasteiger partial charge on any atom is 0.203 e. The summed E-state index contributed by atoms with van der Waals surface area (Å²) in [6, 6.07) is 5.55. The van der Waals surface area contributed by atoms with Crippen molar-refractivity contribution in [2.24, 2.45) is 0 Å². The topological polar surface area (TPSA) is 39.7 Å². The zero-order chi connectivity index (χ0) is 12.5. The van der Waals surface area contributed by atoms with Crippen LogP contribution in [0.3, 0.4) is 0 Å². The Morgan fingerprint density at radius 2 is 1.76 bits per heavy atom. The summed E-state index contributed by atoms with van der Waals surface area (Å²) in [5.41, 5.74) is 0. The fraction of sp³-hybridized carbons (Fsp3) is 0.385. The second-order valence-electron chi connectivity index (χ2n) is 3.33. The molecule has 1 aromatic carbocycles. The number of hydrogen-bond donors (Lipinski definition) is 1. The lowest BCUT2D eigenvalue weighted by Gasteiger charge is -2.12. The summed E-state index contributed by atoms with van der Waals surface area (Å²) in [5, 5.41) is 3.02. The van der Waals surface area contributed by atoms with Gasteiger partial charge in [-0.3, -0.25) is 0 Å². The molecule has 94 valence electrons. The third-order valence-corrected chi connectivity index (χ3v) is 2.20. The summed E-state index contributed by atoms with van der Waals surface area (Å²) in [7, 11) is 5.12. The van der Waals surface area contributed by atoms with Crippen LogP contribution in [0.4, 0.5) is 0 Å². The van der Waals surface area contributed by atoms with E-state index in [1.807, 2.05) is 37.4 Å². The number of benzene rings is 1. The van der Waals surface area contributed by atoms with Gasteiger partial charge in [0.25, 0.3) is 0 Å². The van der Waals surface area contributed by atoms with Crippen molar-refractivity contribution >= 4 is 0 Å². The van der Waals surface area contributed by atoms with Crippen LogP contribution in [0, 0.1) is 0 Å². The normalized spacial score (nSPS) is 10.5. The van der Waals surface area contributed by atoms with Gasteiger partial charge in [0.15, 0.2) is 11.5 Å². The first-order valence-corrected chi connectivity index (χ1v) is 5.46. The number of rotatable bonds is 7. The van der Waals surface area contributed by atoms with Gasteiger partial charge in [-0.15, -0.1) is 0 Å². The molecule has 0 heterocycles. The van der Waals surface area contributed by atoms with Crippen LogP contribution in [-0.2, 0) is 0 Å². The van der Waals surface area contributed by atoms with Gasteiger partial charge in [0, 0.05) is 6.54 Å². The Balaban J connectivity index is 2.67. The Morgan fingerprint density at radius 1 is 1.12 bits per heavy atom. The molecule has 4 nitrogen and oxygen atoms in total. The van der Waals surface area contributed by atoms with Gasteiger partial charge in [-0.2, -0.15) is 0 Å². The highest BCUT2D eigenvalue weighted by Gasteiger charge is 2.09. The average Bonchev–Trinajstić information content (AvgIpc) is 2.38. The summed E-state index contributed by atoms with van der Waals surface area (Å²) in [6.07, 6.45) is 3.95. The van der Waals surface area contributed by atoms with Crippen LogP contribution in [0.15, 0.2) is 30.4 Å². The van der Waals surface area contributed by atoms with Crippen molar-refractivity contribution in [2.45, 2.75) is 0 Å². The zero-order valence-corrected chi connectivity index (χ0v) is 10.5. The minimum Gasteiger partial charge on any atom is -0.493 e. The predicted octanol–water partition coefficient (Wildman–Crippen LogP) is 1.86. The molecular formula is C13H19NO3. The molecule has 0 bridgehead atoms. The van der Waals surface area contributed by atoms with E-state index in [0.717, 1.165) is 6.54 Å². The number of para-hydroxylation sites is 1. The first kappa shape index (κ1) is 13.4. The Labute approximate surface area is 102 Å². The SMILES string of the molecule is CNC/C=C/COc1c(OC)cccc1OC. The first-order valence-electron chi connectivity index (χ1n) is 5.46. The van der Waals surface area contributed by atoms with Crippen LogP contribution >= 0.6 is 0 Å². The van der Waals surface area contributed by atoms with E-state index in [9.17, 15) is 0 Å². The van der Waals surface area contributed by atoms with Crippen LogP contribution in [-0.4, -0.2) is 34.4 Å². The quantitative estimate of drug-likeness (QED) is 0.735. The number of ether oxygens (including phenoxy) is 3.